The van der Waals surface area contributed by atoms with Gasteiger partial charge < -0.3 is 9.88 Å². The molecule has 1 aromatic carbocycles. The first-order chi connectivity index (χ1) is 12.8. The fourth-order valence-electron chi connectivity index (χ4n) is 3.52. The number of H-pyrrole nitrogens is 1. The quantitative estimate of drug-likeness (QED) is 0.777. The molecule has 1 aliphatic heterocycles. The second-order valence-corrected chi connectivity index (χ2v) is 8.31. The van der Waals surface area contributed by atoms with Crippen molar-refractivity contribution in [3.63, 3.8) is 0 Å². The predicted molar refractivity (Wildman–Crippen MR) is 105 cm³/mol. The lowest BCUT2D eigenvalue weighted by molar-refractivity contribution is 0.0459. The zero-order chi connectivity index (χ0) is 19.2. The number of fused-ring (bicyclic) bond motifs is 1. The number of nitrogens with zero attached hydrogens (tertiary/aromatic N) is 3. The van der Waals surface area contributed by atoms with Gasteiger partial charge in [0.25, 0.3) is 11.5 Å². The minimum Gasteiger partial charge on any atom is -0.361 e. The highest BCUT2D eigenvalue weighted by Gasteiger charge is 2.32. The molecule has 1 aliphatic rings. The highest BCUT2D eigenvalue weighted by Crippen LogP contribution is 2.24. The Morgan fingerprint density at radius 2 is 1.96 bits per heavy atom. The van der Waals surface area contributed by atoms with E-state index in [1.807, 2.05) is 35.4 Å². The smallest absolute Gasteiger partial charge is 0.266 e. The number of hydrogen-bond donors (Lipinski definition) is 1. The first-order valence-electron chi connectivity index (χ1n) is 9.27. The van der Waals surface area contributed by atoms with Gasteiger partial charge in [-0.15, -0.1) is 0 Å². The van der Waals surface area contributed by atoms with E-state index < -0.39 is 0 Å². The summed E-state index contributed by atoms with van der Waals surface area (Å²) in [6, 6.07) is 11.0. The van der Waals surface area contributed by atoms with E-state index in [4.69, 9.17) is 0 Å². The Morgan fingerprint density at radius 3 is 2.70 bits per heavy atom. The lowest BCUT2D eigenvalue weighted by Gasteiger charge is -2.39. The maximum atomic E-state index is 12.8. The molecule has 6 nitrogen and oxygen atoms in total. The van der Waals surface area contributed by atoms with Crippen molar-refractivity contribution in [1.82, 2.24) is 19.7 Å². The second kappa shape index (κ2) is 6.37. The first-order valence-corrected chi connectivity index (χ1v) is 9.27. The van der Waals surface area contributed by atoms with Gasteiger partial charge in [0.15, 0.2) is 0 Å². The molecule has 3 aromatic rings. The zero-order valence-corrected chi connectivity index (χ0v) is 15.9. The molecule has 1 amide bonds. The lowest BCUT2D eigenvalue weighted by Crippen LogP contribution is -2.52. The van der Waals surface area contributed by atoms with E-state index >= 15 is 0 Å². The normalized spacial score (nSPS) is 15.1. The van der Waals surface area contributed by atoms with Gasteiger partial charge in [0.1, 0.15) is 0 Å². The largest absolute Gasteiger partial charge is 0.361 e. The van der Waals surface area contributed by atoms with Crippen LogP contribution >= 0.6 is 0 Å². The van der Waals surface area contributed by atoms with E-state index in [1.54, 1.807) is 16.8 Å². The van der Waals surface area contributed by atoms with Crippen LogP contribution in [-0.4, -0.2) is 38.7 Å². The molecule has 0 unspecified atom stereocenters. The van der Waals surface area contributed by atoms with Gasteiger partial charge in [-0.2, -0.15) is 5.10 Å². The number of aromatic amines is 1. The van der Waals surface area contributed by atoms with Gasteiger partial charge in [-0.3, -0.25) is 9.59 Å². The summed E-state index contributed by atoms with van der Waals surface area (Å²) < 4.78 is 1.54. The Bertz CT molecular complexity index is 1050. The molecule has 4 rings (SSSR count). The molecule has 140 valence electrons. The SMILES string of the molecule is CC(C)(C)c1ccc(=O)n(CC2CN(C(=O)c3cccc4[nH]ccc34)C2)n1. The van der Waals surface area contributed by atoms with Gasteiger partial charge in [-0.25, -0.2) is 4.68 Å². The maximum absolute atomic E-state index is 12.8. The Kier molecular flexibility index (Phi) is 4.13. The average Bonchev–Trinajstić information content (AvgIpc) is 3.06. The standard InChI is InChI=1S/C21H24N4O2/c1-21(2,3)18-7-8-19(26)25(23-18)13-14-11-24(12-14)20(27)16-5-4-6-17-15(16)9-10-22-17/h4-10,14,22H,11-13H2,1-3H3. The summed E-state index contributed by atoms with van der Waals surface area (Å²) in [4.78, 5) is 29.9. The van der Waals surface area contributed by atoms with Crippen LogP contribution in [0.25, 0.3) is 10.9 Å². The van der Waals surface area contributed by atoms with Gasteiger partial charge in [0.05, 0.1) is 12.2 Å². The zero-order valence-electron chi connectivity index (χ0n) is 15.9. The van der Waals surface area contributed by atoms with Crippen LogP contribution in [0, 0.1) is 5.92 Å². The molecule has 1 fully saturated rings. The Labute approximate surface area is 157 Å². The van der Waals surface area contributed by atoms with Gasteiger partial charge in [0, 0.05) is 53.2 Å². The number of carbonyl (C=O) groups is 1. The number of hydrogen-bond acceptors (Lipinski definition) is 3. The molecule has 6 heteroatoms. The molecular formula is C21H24N4O2. The Hall–Kier alpha value is -2.89. The Balaban J connectivity index is 1.45. The molecule has 2 aromatic heterocycles. The number of rotatable bonds is 3. The molecule has 3 heterocycles. The van der Waals surface area contributed by atoms with E-state index in [9.17, 15) is 9.59 Å². The van der Waals surface area contributed by atoms with Crippen molar-refractivity contribution in [3.05, 3.63) is 64.2 Å². The van der Waals surface area contributed by atoms with Crippen molar-refractivity contribution in [3.8, 4) is 0 Å². The lowest BCUT2D eigenvalue weighted by atomic mass is 9.92. The van der Waals surface area contributed by atoms with Crippen LogP contribution in [0.1, 0.15) is 36.8 Å². The highest BCUT2D eigenvalue weighted by atomic mass is 16.2. The number of benzene rings is 1. The summed E-state index contributed by atoms with van der Waals surface area (Å²) in [7, 11) is 0. The van der Waals surface area contributed by atoms with Gasteiger partial charge in [-0.1, -0.05) is 26.8 Å². The van der Waals surface area contributed by atoms with Crippen LogP contribution in [0.3, 0.4) is 0 Å². The summed E-state index contributed by atoms with van der Waals surface area (Å²) in [5, 5.41) is 5.47. The van der Waals surface area contributed by atoms with Crippen molar-refractivity contribution >= 4 is 16.8 Å². The van der Waals surface area contributed by atoms with Crippen molar-refractivity contribution in [1.29, 1.82) is 0 Å². The molecule has 0 atom stereocenters. The third kappa shape index (κ3) is 3.27. The van der Waals surface area contributed by atoms with Crippen LogP contribution in [0.15, 0.2) is 47.4 Å². The van der Waals surface area contributed by atoms with E-state index in [0.29, 0.717) is 19.6 Å². The molecule has 0 saturated carbocycles. The van der Waals surface area contributed by atoms with Gasteiger partial charge in [-0.05, 0) is 24.3 Å². The number of amides is 1. The third-order valence-corrected chi connectivity index (χ3v) is 5.14. The molecule has 0 aliphatic carbocycles. The van der Waals surface area contributed by atoms with Crippen LogP contribution in [0.2, 0.25) is 0 Å². The van der Waals surface area contributed by atoms with Crippen LogP contribution in [-0.2, 0) is 12.0 Å². The van der Waals surface area contributed by atoms with E-state index in [1.165, 1.54) is 0 Å². The van der Waals surface area contributed by atoms with E-state index in [0.717, 1.165) is 22.2 Å². The highest BCUT2D eigenvalue weighted by molar-refractivity contribution is 6.06. The van der Waals surface area contributed by atoms with Crippen LogP contribution in [0.5, 0.6) is 0 Å². The van der Waals surface area contributed by atoms with Gasteiger partial charge in [0.2, 0.25) is 0 Å². The van der Waals surface area contributed by atoms with Crippen molar-refractivity contribution < 1.29 is 4.79 Å². The molecule has 27 heavy (non-hydrogen) atoms. The average molecular weight is 364 g/mol. The fraction of sp³-hybridized carbons (Fsp3) is 0.381. The summed E-state index contributed by atoms with van der Waals surface area (Å²) in [6.45, 7) is 8.07. The molecule has 0 radical (unpaired) electrons. The number of nitrogens with one attached hydrogen (secondary N) is 1. The van der Waals surface area contributed by atoms with Crippen molar-refractivity contribution in [2.45, 2.75) is 32.7 Å². The molecular weight excluding hydrogens is 340 g/mol. The van der Waals surface area contributed by atoms with Crippen molar-refractivity contribution in [2.24, 2.45) is 5.92 Å². The number of likely N-dealkylation sites (tertiary alicyclic amines) is 1. The summed E-state index contributed by atoms with van der Waals surface area (Å²) in [6.07, 6.45) is 1.85. The number of carbonyl (C=O) groups excluding carboxylic acids is 1. The summed E-state index contributed by atoms with van der Waals surface area (Å²) in [5.74, 6) is 0.292. The monoisotopic (exact) mass is 364 g/mol. The topological polar surface area (TPSA) is 71.0 Å². The van der Waals surface area contributed by atoms with E-state index in [2.05, 4.69) is 30.9 Å². The molecule has 1 saturated heterocycles. The predicted octanol–water partition coefficient (Wildman–Crippen LogP) is 2.79. The van der Waals surface area contributed by atoms with E-state index in [-0.39, 0.29) is 22.8 Å². The molecule has 0 bridgehead atoms. The maximum Gasteiger partial charge on any atom is 0.266 e. The number of aromatic nitrogens is 3. The third-order valence-electron chi connectivity index (χ3n) is 5.14. The van der Waals surface area contributed by atoms with Crippen LogP contribution in [0.4, 0.5) is 0 Å². The first kappa shape index (κ1) is 17.5. The fourth-order valence-corrected chi connectivity index (χ4v) is 3.52. The minimum atomic E-state index is -0.105. The minimum absolute atomic E-state index is 0.0419. The summed E-state index contributed by atoms with van der Waals surface area (Å²) >= 11 is 0. The van der Waals surface area contributed by atoms with Gasteiger partial charge >= 0.3 is 0 Å². The second-order valence-electron chi connectivity index (χ2n) is 8.31. The molecule has 1 N–H and O–H groups in total. The Morgan fingerprint density at radius 1 is 1.19 bits per heavy atom. The molecule has 0 spiro atoms. The summed E-state index contributed by atoms with van der Waals surface area (Å²) in [5.41, 5.74) is 2.38. The van der Waals surface area contributed by atoms with Crippen molar-refractivity contribution in [2.75, 3.05) is 13.1 Å². The van der Waals surface area contributed by atoms with Crippen LogP contribution < -0.4 is 5.56 Å².